The van der Waals surface area contributed by atoms with E-state index in [1.54, 1.807) is 35.1 Å². The highest BCUT2D eigenvalue weighted by molar-refractivity contribution is 7.20. The van der Waals surface area contributed by atoms with E-state index in [1.165, 1.54) is 9.80 Å². The average molecular weight is 547 g/mol. The summed E-state index contributed by atoms with van der Waals surface area (Å²) in [5, 5.41) is 2.11. The van der Waals surface area contributed by atoms with Crippen molar-refractivity contribution in [2.24, 2.45) is 0 Å². The van der Waals surface area contributed by atoms with Crippen molar-refractivity contribution in [2.45, 2.75) is 52.7 Å². The molecule has 0 saturated carbocycles. The molecule has 2 amide bonds. The fraction of sp³-hybridized carbons (Fsp3) is 0.267. The van der Waals surface area contributed by atoms with E-state index < -0.39 is 23.4 Å². The highest BCUT2D eigenvalue weighted by atomic mass is 32.1. The Balaban J connectivity index is 1.68. The van der Waals surface area contributed by atoms with Gasteiger partial charge in [0.25, 0.3) is 0 Å². The van der Waals surface area contributed by atoms with Crippen LogP contribution in [0.3, 0.4) is 0 Å². The molecule has 0 aliphatic carbocycles. The van der Waals surface area contributed by atoms with E-state index in [0.29, 0.717) is 11.4 Å². The maximum absolute atomic E-state index is 13.6. The second kappa shape index (κ2) is 9.60. The van der Waals surface area contributed by atoms with E-state index >= 15 is 0 Å². The zero-order chi connectivity index (χ0) is 27.2. The Morgan fingerprint density at radius 2 is 1.00 bits per heavy atom. The Bertz CT molecular complexity index is 1410. The smallest absolute Gasteiger partial charge is 0.419 e. The fourth-order valence-electron chi connectivity index (χ4n) is 4.01. The number of carbonyl (C=O) groups is 2. The fourth-order valence-corrected chi connectivity index (χ4v) is 6.15. The van der Waals surface area contributed by atoms with Gasteiger partial charge in [-0.05, 0) is 76.6 Å². The van der Waals surface area contributed by atoms with Crippen LogP contribution in [0.2, 0.25) is 0 Å². The highest BCUT2D eigenvalue weighted by Gasteiger charge is 2.35. The number of benzene rings is 2. The summed E-state index contributed by atoms with van der Waals surface area (Å²) in [5.74, 6) is 0. The standard InChI is InChI=1S/C30H30N2O4S2/c1-29(2,3)35-27(33)31-17-22(26-16-20-12-8-10-14-24(20)38-26)32(28(34)36-30(4,5)6)18-21(31)25-15-19-11-7-9-13-23(19)37-25/h7-18H,1-6H3. The van der Waals surface area contributed by atoms with Gasteiger partial charge in [-0.15, -0.1) is 22.7 Å². The van der Waals surface area contributed by atoms with Gasteiger partial charge in [0, 0.05) is 21.8 Å². The van der Waals surface area contributed by atoms with E-state index in [2.05, 4.69) is 0 Å². The molecule has 6 nitrogen and oxygen atoms in total. The Morgan fingerprint density at radius 3 is 1.34 bits per heavy atom. The van der Waals surface area contributed by atoms with Crippen molar-refractivity contribution in [3.63, 3.8) is 0 Å². The third kappa shape index (κ3) is 5.47. The number of hydrogen-bond acceptors (Lipinski definition) is 6. The van der Waals surface area contributed by atoms with Gasteiger partial charge >= 0.3 is 12.2 Å². The molecule has 2 aromatic heterocycles. The van der Waals surface area contributed by atoms with Crippen LogP contribution in [0.5, 0.6) is 0 Å². The molecule has 0 bridgehead atoms. The first kappa shape index (κ1) is 26.0. The average Bonchev–Trinajstić information content (AvgIpc) is 3.45. The molecule has 4 aromatic rings. The van der Waals surface area contributed by atoms with Crippen molar-refractivity contribution in [3.05, 3.63) is 82.8 Å². The molecule has 1 aliphatic heterocycles. The molecular weight excluding hydrogens is 516 g/mol. The maximum Gasteiger partial charge on any atom is 0.419 e. The summed E-state index contributed by atoms with van der Waals surface area (Å²) in [6.45, 7) is 11.0. The van der Waals surface area contributed by atoms with Crippen molar-refractivity contribution < 1.29 is 19.1 Å². The molecule has 2 aromatic carbocycles. The van der Waals surface area contributed by atoms with Crippen LogP contribution in [0.1, 0.15) is 51.3 Å². The zero-order valence-electron chi connectivity index (χ0n) is 22.3. The lowest BCUT2D eigenvalue weighted by Crippen LogP contribution is -2.39. The molecule has 0 spiro atoms. The lowest BCUT2D eigenvalue weighted by atomic mass is 10.2. The van der Waals surface area contributed by atoms with Crippen molar-refractivity contribution >= 4 is 66.4 Å². The second-order valence-corrected chi connectivity index (χ2v) is 13.2. The van der Waals surface area contributed by atoms with Crippen LogP contribution in [0.25, 0.3) is 31.6 Å². The summed E-state index contributed by atoms with van der Waals surface area (Å²) in [4.78, 5) is 31.8. The molecule has 0 fully saturated rings. The van der Waals surface area contributed by atoms with Gasteiger partial charge in [-0.2, -0.15) is 0 Å². The van der Waals surface area contributed by atoms with Gasteiger partial charge in [-0.3, -0.25) is 0 Å². The van der Waals surface area contributed by atoms with Crippen LogP contribution in [0, 0.1) is 0 Å². The van der Waals surface area contributed by atoms with Crippen molar-refractivity contribution in [2.75, 3.05) is 0 Å². The number of hydrogen-bond donors (Lipinski definition) is 0. The largest absolute Gasteiger partial charge is 0.443 e. The number of rotatable bonds is 2. The zero-order valence-corrected chi connectivity index (χ0v) is 23.9. The summed E-state index contributed by atoms with van der Waals surface area (Å²) in [6, 6.07) is 20.1. The van der Waals surface area contributed by atoms with E-state index in [1.807, 2.05) is 102 Å². The van der Waals surface area contributed by atoms with Gasteiger partial charge in [0.05, 0.1) is 21.1 Å². The Kier molecular flexibility index (Phi) is 6.57. The molecule has 196 valence electrons. The Morgan fingerprint density at radius 1 is 0.632 bits per heavy atom. The molecule has 0 unspecified atom stereocenters. The van der Waals surface area contributed by atoms with E-state index in [-0.39, 0.29) is 0 Å². The molecule has 0 radical (unpaired) electrons. The van der Waals surface area contributed by atoms with Crippen LogP contribution in [-0.4, -0.2) is 33.2 Å². The number of ether oxygens (including phenoxy) is 2. The monoisotopic (exact) mass is 546 g/mol. The minimum atomic E-state index is -0.698. The molecule has 1 aliphatic rings. The van der Waals surface area contributed by atoms with E-state index in [4.69, 9.17) is 9.47 Å². The summed E-state index contributed by atoms with van der Waals surface area (Å²) in [7, 11) is 0. The topological polar surface area (TPSA) is 59.1 Å². The molecular formula is C30H30N2O4S2. The third-order valence-electron chi connectivity index (χ3n) is 5.56. The van der Waals surface area contributed by atoms with Gasteiger partial charge in [0.15, 0.2) is 0 Å². The van der Waals surface area contributed by atoms with Crippen LogP contribution in [0.4, 0.5) is 9.59 Å². The lowest BCUT2D eigenvalue weighted by Gasteiger charge is -2.34. The van der Waals surface area contributed by atoms with Gasteiger partial charge < -0.3 is 9.47 Å². The first-order chi connectivity index (χ1) is 17.9. The van der Waals surface area contributed by atoms with E-state index in [0.717, 1.165) is 29.9 Å². The highest BCUT2D eigenvalue weighted by Crippen LogP contribution is 2.41. The Labute approximate surface area is 230 Å². The third-order valence-corrected chi connectivity index (χ3v) is 7.84. The van der Waals surface area contributed by atoms with E-state index in [9.17, 15) is 9.59 Å². The van der Waals surface area contributed by atoms with Crippen LogP contribution in [0.15, 0.2) is 73.1 Å². The van der Waals surface area contributed by atoms with Crippen molar-refractivity contribution in [1.29, 1.82) is 0 Å². The minimum Gasteiger partial charge on any atom is -0.443 e. The van der Waals surface area contributed by atoms with Gasteiger partial charge in [-0.25, -0.2) is 19.4 Å². The summed E-state index contributed by atoms with van der Waals surface area (Å²) in [6.07, 6.45) is 2.32. The molecule has 8 heteroatoms. The minimum absolute atomic E-state index is 0.524. The van der Waals surface area contributed by atoms with Gasteiger partial charge in [0.2, 0.25) is 0 Å². The number of fused-ring (bicyclic) bond motifs is 2. The summed E-state index contributed by atoms with van der Waals surface area (Å²) in [5.41, 5.74) is -0.320. The number of carbonyl (C=O) groups excluding carboxylic acids is 2. The lowest BCUT2D eigenvalue weighted by molar-refractivity contribution is 0.0362. The van der Waals surface area contributed by atoms with Gasteiger partial charge in [-0.1, -0.05) is 36.4 Å². The SMILES string of the molecule is CC(C)(C)OC(=O)N1C=C(c2cc3ccccc3s2)N(C(=O)OC(C)(C)C)C=C1c1cc2ccccc2s1. The quantitative estimate of drug-likeness (QED) is 0.252. The summed E-state index contributed by atoms with van der Waals surface area (Å²) >= 11 is 3.10. The Hall–Kier alpha value is -3.62. The predicted molar refractivity (Wildman–Crippen MR) is 156 cm³/mol. The predicted octanol–water partition coefficient (Wildman–Crippen LogP) is 8.90. The van der Waals surface area contributed by atoms with Crippen LogP contribution >= 0.6 is 22.7 Å². The molecule has 0 saturated heterocycles. The molecule has 0 N–H and O–H groups in total. The van der Waals surface area contributed by atoms with Crippen molar-refractivity contribution in [3.8, 4) is 0 Å². The molecule has 0 atom stereocenters. The summed E-state index contributed by atoms with van der Waals surface area (Å²) < 4.78 is 13.8. The van der Waals surface area contributed by atoms with Crippen molar-refractivity contribution in [1.82, 2.24) is 9.80 Å². The number of thiophene rings is 2. The maximum atomic E-state index is 13.6. The first-order valence-corrected chi connectivity index (χ1v) is 14.0. The second-order valence-electron chi connectivity index (χ2n) is 11.0. The number of nitrogens with zero attached hydrogens (tertiary/aromatic N) is 2. The molecule has 5 rings (SSSR count). The number of amides is 2. The van der Waals surface area contributed by atoms with Crippen LogP contribution < -0.4 is 0 Å². The normalized spacial score (nSPS) is 14.5. The van der Waals surface area contributed by atoms with Crippen LogP contribution in [-0.2, 0) is 9.47 Å². The first-order valence-electron chi connectivity index (χ1n) is 12.3. The molecule has 3 heterocycles. The van der Waals surface area contributed by atoms with Gasteiger partial charge in [0.1, 0.15) is 11.2 Å². The molecule has 38 heavy (non-hydrogen) atoms.